The number of rotatable bonds is 31. The Bertz CT molecular complexity index is 702. The Labute approximate surface area is 248 Å². The number of hydrogen-bond donors (Lipinski definition) is 2. The highest BCUT2D eigenvalue weighted by molar-refractivity contribution is 7.45. The Kier molecular flexibility index (Phi) is 24.8. The number of carbonyl (C=O) groups is 2. The van der Waals surface area contributed by atoms with Gasteiger partial charge in [0.25, 0.3) is 7.82 Å². The summed E-state index contributed by atoms with van der Waals surface area (Å²) in [6.45, 7) is 1.37. The molecule has 0 aliphatic rings. The molecular formula is C29H58NO10P. The number of phosphoric acid groups is 1. The van der Waals surface area contributed by atoms with Crippen molar-refractivity contribution in [3.8, 4) is 0 Å². The molecule has 41 heavy (non-hydrogen) atoms. The topological polar surface area (TPSA) is 152 Å². The van der Waals surface area contributed by atoms with Crippen LogP contribution < -0.4 is 4.89 Å². The van der Waals surface area contributed by atoms with E-state index >= 15 is 0 Å². The molecule has 0 aromatic rings. The second-order valence-electron chi connectivity index (χ2n) is 11.7. The minimum Gasteiger partial charge on any atom is -0.756 e. The SMILES string of the molecule is C[N+](C)(C)CCOP(=O)([O-])OCC(COCCCCCCCCCCCCCCCC(=O)O)OCCCCC(=O)O. The van der Waals surface area contributed by atoms with Crippen molar-refractivity contribution in [1.82, 2.24) is 0 Å². The predicted molar refractivity (Wildman–Crippen MR) is 157 cm³/mol. The predicted octanol–water partition coefficient (Wildman–Crippen LogP) is 5.40. The highest BCUT2D eigenvalue weighted by atomic mass is 31.2. The minimum absolute atomic E-state index is 0.0269. The molecule has 0 aliphatic heterocycles. The summed E-state index contributed by atoms with van der Waals surface area (Å²) in [5.74, 6) is -1.56. The van der Waals surface area contributed by atoms with Crippen molar-refractivity contribution < 1.29 is 52.3 Å². The van der Waals surface area contributed by atoms with Gasteiger partial charge in [-0.1, -0.05) is 70.6 Å². The summed E-state index contributed by atoms with van der Waals surface area (Å²) >= 11 is 0. The molecule has 11 nitrogen and oxygen atoms in total. The van der Waals surface area contributed by atoms with Crippen molar-refractivity contribution in [2.45, 2.75) is 115 Å². The quantitative estimate of drug-likeness (QED) is 0.0592. The summed E-state index contributed by atoms with van der Waals surface area (Å²) in [5.41, 5.74) is 0. The van der Waals surface area contributed by atoms with Crippen molar-refractivity contribution in [2.75, 3.05) is 60.7 Å². The Morgan fingerprint density at radius 1 is 0.659 bits per heavy atom. The van der Waals surface area contributed by atoms with Crippen molar-refractivity contribution in [3.63, 3.8) is 0 Å². The van der Waals surface area contributed by atoms with Crippen LogP contribution in [-0.4, -0.2) is 93.5 Å². The number of aliphatic carboxylic acids is 2. The molecular weight excluding hydrogens is 553 g/mol. The molecule has 2 atom stereocenters. The monoisotopic (exact) mass is 611 g/mol. The lowest BCUT2D eigenvalue weighted by molar-refractivity contribution is -0.870. The van der Waals surface area contributed by atoms with Gasteiger partial charge in [-0.2, -0.15) is 0 Å². The smallest absolute Gasteiger partial charge is 0.303 e. The Balaban J connectivity index is 3.97. The Hall–Kier alpha value is -1.07. The maximum Gasteiger partial charge on any atom is 0.303 e. The highest BCUT2D eigenvalue weighted by Gasteiger charge is 2.18. The van der Waals surface area contributed by atoms with Crippen LogP contribution in [0.25, 0.3) is 0 Å². The number of carboxylic acids is 2. The molecule has 0 spiro atoms. The fourth-order valence-electron chi connectivity index (χ4n) is 4.05. The summed E-state index contributed by atoms with van der Waals surface area (Å²) in [7, 11) is 1.35. The number of ether oxygens (including phenoxy) is 2. The molecule has 12 heteroatoms. The molecule has 0 aromatic carbocycles. The molecule has 0 saturated carbocycles. The number of carboxylic acid groups (broad SMARTS) is 2. The van der Waals surface area contributed by atoms with E-state index in [1.54, 1.807) is 0 Å². The van der Waals surface area contributed by atoms with Gasteiger partial charge >= 0.3 is 11.9 Å². The maximum atomic E-state index is 12.1. The Morgan fingerprint density at radius 3 is 1.59 bits per heavy atom. The van der Waals surface area contributed by atoms with Crippen LogP contribution in [0.4, 0.5) is 0 Å². The van der Waals surface area contributed by atoms with Crippen LogP contribution in [0, 0.1) is 0 Å². The fraction of sp³-hybridized carbons (Fsp3) is 0.931. The maximum absolute atomic E-state index is 12.1. The van der Waals surface area contributed by atoms with Crippen molar-refractivity contribution in [3.05, 3.63) is 0 Å². The van der Waals surface area contributed by atoms with E-state index < -0.39 is 25.9 Å². The van der Waals surface area contributed by atoms with Gasteiger partial charge in [0, 0.05) is 26.1 Å². The van der Waals surface area contributed by atoms with Crippen LogP contribution in [0.15, 0.2) is 0 Å². The number of likely N-dealkylation sites (N-methyl/N-ethyl adjacent to an activating group) is 1. The van der Waals surface area contributed by atoms with Crippen LogP contribution in [0.5, 0.6) is 0 Å². The number of phosphoric ester groups is 1. The molecule has 0 heterocycles. The molecule has 0 bridgehead atoms. The third-order valence-electron chi connectivity index (χ3n) is 6.55. The van der Waals surface area contributed by atoms with Crippen LogP contribution in [0.2, 0.25) is 0 Å². The van der Waals surface area contributed by atoms with E-state index in [1.165, 1.54) is 44.9 Å². The van der Waals surface area contributed by atoms with Gasteiger partial charge in [0.2, 0.25) is 0 Å². The van der Waals surface area contributed by atoms with Gasteiger partial charge in [-0.25, -0.2) is 0 Å². The molecule has 0 radical (unpaired) electrons. The van der Waals surface area contributed by atoms with Crippen molar-refractivity contribution >= 4 is 19.8 Å². The second kappa shape index (κ2) is 25.4. The number of quaternary nitrogens is 1. The lowest BCUT2D eigenvalue weighted by atomic mass is 10.0. The summed E-state index contributed by atoms with van der Waals surface area (Å²) in [5, 5.41) is 17.4. The standard InChI is InChI=1S/C29H58NO10P/c1-30(2,3)21-24-39-41(35,36)40-26-27(38-23-18-16-20-29(33)34)25-37-22-17-14-12-10-8-6-4-5-7-9-11-13-15-19-28(31)32/h27H,4-26H2,1-3H3,(H2-,31,32,33,34,35,36). The molecule has 0 amide bonds. The number of nitrogens with zero attached hydrogens (tertiary/aromatic N) is 1. The molecule has 0 rings (SSSR count). The van der Waals surface area contributed by atoms with E-state index in [2.05, 4.69) is 0 Å². The summed E-state index contributed by atoms with van der Waals surface area (Å²) in [6.07, 6.45) is 15.5. The highest BCUT2D eigenvalue weighted by Crippen LogP contribution is 2.38. The largest absolute Gasteiger partial charge is 0.756 e. The van der Waals surface area contributed by atoms with Crippen molar-refractivity contribution in [1.29, 1.82) is 0 Å². The van der Waals surface area contributed by atoms with Gasteiger partial charge in [-0.05, 0) is 25.7 Å². The van der Waals surface area contributed by atoms with Crippen LogP contribution >= 0.6 is 7.82 Å². The van der Waals surface area contributed by atoms with Gasteiger partial charge in [0.05, 0.1) is 34.4 Å². The zero-order valence-corrected chi connectivity index (χ0v) is 26.8. The first kappa shape index (κ1) is 39.9. The molecule has 0 saturated heterocycles. The van der Waals surface area contributed by atoms with Crippen LogP contribution in [0.3, 0.4) is 0 Å². The van der Waals surface area contributed by atoms with E-state index in [0.717, 1.165) is 38.5 Å². The Morgan fingerprint density at radius 2 is 1.10 bits per heavy atom. The summed E-state index contributed by atoms with van der Waals surface area (Å²) in [6, 6.07) is 0. The van der Waals surface area contributed by atoms with E-state index in [-0.39, 0.29) is 32.7 Å². The average Bonchev–Trinajstić information content (AvgIpc) is 2.87. The lowest BCUT2D eigenvalue weighted by Gasteiger charge is -2.28. The second-order valence-corrected chi connectivity index (χ2v) is 13.2. The van der Waals surface area contributed by atoms with Crippen molar-refractivity contribution in [2.24, 2.45) is 0 Å². The van der Waals surface area contributed by atoms with Gasteiger partial charge in [0.1, 0.15) is 19.3 Å². The first-order valence-electron chi connectivity index (χ1n) is 15.4. The molecule has 2 N–H and O–H groups in total. The number of hydrogen-bond acceptors (Lipinski definition) is 8. The van der Waals surface area contributed by atoms with Gasteiger partial charge in [0.15, 0.2) is 0 Å². The third kappa shape index (κ3) is 31.7. The molecule has 0 aromatic heterocycles. The van der Waals surface area contributed by atoms with E-state index in [4.69, 9.17) is 28.7 Å². The van der Waals surface area contributed by atoms with Gasteiger partial charge in [-0.3, -0.25) is 14.2 Å². The zero-order chi connectivity index (χ0) is 30.8. The molecule has 2 unspecified atom stereocenters. The van der Waals surface area contributed by atoms with E-state index in [9.17, 15) is 19.0 Å². The average molecular weight is 612 g/mol. The molecule has 0 fully saturated rings. The third-order valence-corrected chi connectivity index (χ3v) is 7.52. The summed E-state index contributed by atoms with van der Waals surface area (Å²) in [4.78, 5) is 33.3. The van der Waals surface area contributed by atoms with E-state index in [1.807, 2.05) is 21.1 Å². The van der Waals surface area contributed by atoms with E-state index in [0.29, 0.717) is 37.1 Å². The molecule has 244 valence electrons. The zero-order valence-electron chi connectivity index (χ0n) is 25.9. The molecule has 0 aliphatic carbocycles. The van der Waals surface area contributed by atoms with Gasteiger partial charge in [-0.15, -0.1) is 0 Å². The van der Waals surface area contributed by atoms with Crippen LogP contribution in [0.1, 0.15) is 109 Å². The summed E-state index contributed by atoms with van der Waals surface area (Å²) < 4.78 is 34.1. The first-order valence-corrected chi connectivity index (χ1v) is 16.9. The van der Waals surface area contributed by atoms with Crippen LogP contribution in [-0.2, 0) is 32.7 Å². The van der Waals surface area contributed by atoms with Gasteiger partial charge < -0.3 is 38.1 Å². The normalized spacial score (nSPS) is 14.1. The lowest BCUT2D eigenvalue weighted by Crippen LogP contribution is -2.37. The fourth-order valence-corrected chi connectivity index (χ4v) is 4.78. The number of unbranched alkanes of at least 4 members (excludes halogenated alkanes) is 13. The minimum atomic E-state index is -4.46. The first-order chi connectivity index (χ1) is 19.4.